The van der Waals surface area contributed by atoms with E-state index in [1.54, 1.807) is 6.92 Å². The van der Waals surface area contributed by atoms with E-state index in [2.05, 4.69) is 4.72 Å². The first-order chi connectivity index (χ1) is 8.97. The maximum atomic E-state index is 12.2. The number of hydrogen-bond donors (Lipinski definition) is 1. The molecular weight excluding hydrogens is 262 g/mol. The Balaban J connectivity index is 2.29. The molecule has 1 unspecified atom stereocenters. The normalized spacial score (nSPS) is 16.4. The summed E-state index contributed by atoms with van der Waals surface area (Å²) in [5.41, 5.74) is 0.912. The molecule has 2 rings (SSSR count). The maximum Gasteiger partial charge on any atom is 0.241 e. The lowest BCUT2D eigenvalue weighted by Crippen LogP contribution is -2.35. The SMILES string of the molecule is Cc1cc(C#N)ccc1S(=O)(=O)NC(C#N)C1CC1. The molecule has 0 aliphatic heterocycles. The van der Waals surface area contributed by atoms with Gasteiger partial charge in [0.25, 0.3) is 0 Å². The summed E-state index contributed by atoms with van der Waals surface area (Å²) < 4.78 is 26.8. The minimum Gasteiger partial charge on any atom is -0.207 e. The highest BCUT2D eigenvalue weighted by Crippen LogP contribution is 2.33. The van der Waals surface area contributed by atoms with Crippen LogP contribution in [-0.4, -0.2) is 14.5 Å². The summed E-state index contributed by atoms with van der Waals surface area (Å²) in [5, 5.41) is 17.7. The van der Waals surface area contributed by atoms with Gasteiger partial charge in [-0.2, -0.15) is 15.2 Å². The Hall–Kier alpha value is -1.89. The monoisotopic (exact) mass is 275 g/mol. The molecule has 1 saturated carbocycles. The Morgan fingerprint density at radius 1 is 1.37 bits per heavy atom. The van der Waals surface area contributed by atoms with Gasteiger partial charge in [0.15, 0.2) is 0 Å². The van der Waals surface area contributed by atoms with Crippen LogP contribution >= 0.6 is 0 Å². The van der Waals surface area contributed by atoms with E-state index in [4.69, 9.17) is 10.5 Å². The van der Waals surface area contributed by atoms with E-state index in [0.29, 0.717) is 11.1 Å². The van der Waals surface area contributed by atoms with E-state index < -0.39 is 16.1 Å². The lowest BCUT2D eigenvalue weighted by atomic mass is 10.2. The van der Waals surface area contributed by atoms with Crippen LogP contribution in [-0.2, 0) is 10.0 Å². The van der Waals surface area contributed by atoms with E-state index in [-0.39, 0.29) is 10.8 Å². The van der Waals surface area contributed by atoms with Crippen LogP contribution in [0.15, 0.2) is 23.1 Å². The van der Waals surface area contributed by atoms with Gasteiger partial charge in [-0.05, 0) is 49.4 Å². The lowest BCUT2D eigenvalue weighted by molar-refractivity contribution is 0.559. The van der Waals surface area contributed by atoms with Crippen molar-refractivity contribution >= 4 is 10.0 Å². The second kappa shape index (κ2) is 5.00. The number of rotatable bonds is 4. The third kappa shape index (κ3) is 2.93. The third-order valence-electron chi connectivity index (χ3n) is 3.11. The molecule has 0 amide bonds. The average Bonchev–Trinajstić information content (AvgIpc) is 3.19. The summed E-state index contributed by atoms with van der Waals surface area (Å²) in [6, 6.07) is 7.66. The van der Waals surface area contributed by atoms with Gasteiger partial charge in [0.2, 0.25) is 10.0 Å². The van der Waals surface area contributed by atoms with Crippen LogP contribution in [0, 0.1) is 35.5 Å². The molecule has 0 spiro atoms. The Kier molecular flexibility index (Phi) is 3.57. The van der Waals surface area contributed by atoms with Crippen molar-refractivity contribution in [2.24, 2.45) is 5.92 Å². The third-order valence-corrected chi connectivity index (χ3v) is 4.71. The number of nitrogens with one attached hydrogen (secondary N) is 1. The number of benzene rings is 1. The van der Waals surface area contributed by atoms with Crippen molar-refractivity contribution in [1.29, 1.82) is 10.5 Å². The number of sulfonamides is 1. The first-order valence-electron chi connectivity index (χ1n) is 5.90. The average molecular weight is 275 g/mol. The molecule has 0 heterocycles. The molecule has 0 bridgehead atoms. The summed E-state index contributed by atoms with van der Waals surface area (Å²) in [6.07, 6.45) is 1.76. The number of nitriles is 2. The van der Waals surface area contributed by atoms with Gasteiger partial charge in [-0.15, -0.1) is 0 Å². The molecule has 1 aromatic rings. The van der Waals surface area contributed by atoms with Crippen molar-refractivity contribution in [2.75, 3.05) is 0 Å². The lowest BCUT2D eigenvalue weighted by Gasteiger charge is -2.13. The van der Waals surface area contributed by atoms with Gasteiger partial charge >= 0.3 is 0 Å². The molecule has 1 fully saturated rings. The van der Waals surface area contributed by atoms with Crippen molar-refractivity contribution in [3.05, 3.63) is 29.3 Å². The molecule has 0 aromatic heterocycles. The van der Waals surface area contributed by atoms with Gasteiger partial charge < -0.3 is 0 Å². The Morgan fingerprint density at radius 2 is 2.05 bits per heavy atom. The summed E-state index contributed by atoms with van der Waals surface area (Å²) in [5.74, 6) is 0.124. The molecule has 5 nitrogen and oxygen atoms in total. The number of hydrogen-bond acceptors (Lipinski definition) is 4. The second-order valence-electron chi connectivity index (χ2n) is 4.66. The van der Waals surface area contributed by atoms with E-state index in [0.717, 1.165) is 12.8 Å². The van der Waals surface area contributed by atoms with Crippen LogP contribution in [0.25, 0.3) is 0 Å². The molecule has 1 aliphatic rings. The Bertz CT molecular complexity index is 679. The summed E-state index contributed by atoms with van der Waals surface area (Å²) in [4.78, 5) is 0.118. The highest BCUT2D eigenvalue weighted by atomic mass is 32.2. The summed E-state index contributed by atoms with van der Waals surface area (Å²) >= 11 is 0. The predicted octanol–water partition coefficient (Wildman–Crippen LogP) is 1.45. The molecule has 0 saturated heterocycles. The maximum absolute atomic E-state index is 12.2. The van der Waals surface area contributed by atoms with Crippen LogP contribution < -0.4 is 4.72 Å². The van der Waals surface area contributed by atoms with E-state index in [1.807, 2.05) is 12.1 Å². The van der Waals surface area contributed by atoms with Gasteiger partial charge in [-0.1, -0.05) is 0 Å². The van der Waals surface area contributed by atoms with Crippen molar-refractivity contribution in [3.8, 4) is 12.1 Å². The molecule has 1 atom stereocenters. The topological polar surface area (TPSA) is 93.8 Å². The molecule has 98 valence electrons. The van der Waals surface area contributed by atoms with Crippen LogP contribution in [0.4, 0.5) is 0 Å². The minimum absolute atomic E-state index is 0.118. The molecule has 0 radical (unpaired) electrons. The zero-order valence-corrected chi connectivity index (χ0v) is 11.2. The summed E-state index contributed by atoms with van der Waals surface area (Å²) in [6.45, 7) is 1.63. The fourth-order valence-electron chi connectivity index (χ4n) is 1.91. The van der Waals surface area contributed by atoms with Gasteiger partial charge in [-0.25, -0.2) is 8.42 Å². The van der Waals surface area contributed by atoms with Crippen molar-refractivity contribution in [2.45, 2.75) is 30.7 Å². The van der Waals surface area contributed by atoms with E-state index in [1.165, 1.54) is 18.2 Å². The smallest absolute Gasteiger partial charge is 0.207 e. The van der Waals surface area contributed by atoms with Crippen LogP contribution in [0.3, 0.4) is 0 Å². The van der Waals surface area contributed by atoms with Gasteiger partial charge in [-0.3, -0.25) is 0 Å². The highest BCUT2D eigenvalue weighted by Gasteiger charge is 2.34. The molecule has 6 heteroatoms. The zero-order valence-electron chi connectivity index (χ0n) is 10.4. The van der Waals surface area contributed by atoms with E-state index in [9.17, 15) is 8.42 Å². The van der Waals surface area contributed by atoms with Crippen LogP contribution in [0.5, 0.6) is 0 Å². The predicted molar refractivity (Wildman–Crippen MR) is 68.3 cm³/mol. The van der Waals surface area contributed by atoms with Crippen LogP contribution in [0.2, 0.25) is 0 Å². The molecule has 19 heavy (non-hydrogen) atoms. The number of aryl methyl sites for hydroxylation is 1. The fourth-order valence-corrected chi connectivity index (χ4v) is 3.35. The van der Waals surface area contributed by atoms with E-state index >= 15 is 0 Å². The van der Waals surface area contributed by atoms with Crippen molar-refractivity contribution in [3.63, 3.8) is 0 Å². The quantitative estimate of drug-likeness (QED) is 0.899. The largest absolute Gasteiger partial charge is 0.241 e. The van der Waals surface area contributed by atoms with Crippen molar-refractivity contribution in [1.82, 2.24) is 4.72 Å². The highest BCUT2D eigenvalue weighted by molar-refractivity contribution is 7.89. The standard InChI is InChI=1S/C13H13N3O2S/c1-9-6-10(7-14)2-5-13(9)19(17,18)16-12(8-15)11-3-4-11/h2,5-6,11-12,16H,3-4H2,1H3. The fraction of sp³-hybridized carbons (Fsp3) is 0.385. The van der Waals surface area contributed by atoms with Gasteiger partial charge in [0.1, 0.15) is 6.04 Å². The summed E-state index contributed by atoms with van der Waals surface area (Å²) in [7, 11) is -3.71. The molecule has 1 aliphatic carbocycles. The second-order valence-corrected chi connectivity index (χ2v) is 6.34. The molecule has 1 aromatic carbocycles. The van der Waals surface area contributed by atoms with Gasteiger partial charge in [0, 0.05) is 0 Å². The van der Waals surface area contributed by atoms with Crippen molar-refractivity contribution < 1.29 is 8.42 Å². The molecular formula is C13H13N3O2S. The molecule has 1 N–H and O–H groups in total. The first kappa shape index (κ1) is 13.5. The Labute approximate surface area is 112 Å². The Morgan fingerprint density at radius 3 is 2.53 bits per heavy atom. The number of nitrogens with zero attached hydrogens (tertiary/aromatic N) is 2. The zero-order chi connectivity index (χ0) is 14.0. The first-order valence-corrected chi connectivity index (χ1v) is 7.39. The van der Waals surface area contributed by atoms with Gasteiger partial charge in [0.05, 0.1) is 22.6 Å². The van der Waals surface area contributed by atoms with Crippen LogP contribution in [0.1, 0.15) is 24.0 Å². The minimum atomic E-state index is -3.71.